The van der Waals surface area contributed by atoms with E-state index >= 15 is 0 Å². The Hall–Kier alpha value is -1.88. The number of phenols is 1. The fourth-order valence-corrected chi connectivity index (χ4v) is 1.75. The second-order valence-electron chi connectivity index (χ2n) is 3.89. The van der Waals surface area contributed by atoms with Crippen molar-refractivity contribution in [2.75, 3.05) is 5.32 Å². The first-order chi connectivity index (χ1) is 8.97. The highest BCUT2D eigenvalue weighted by molar-refractivity contribution is 6.32. The van der Waals surface area contributed by atoms with Crippen molar-refractivity contribution in [2.24, 2.45) is 0 Å². The summed E-state index contributed by atoms with van der Waals surface area (Å²) in [6.07, 6.45) is 0. The standard InChI is InChI=1S/C13H9ClF3NO/c14-9-3-7(1-2-12(9)19)6-18-11-5-8(15)4-10(16)13(11)17/h1-5,18-19H,6H2. The van der Waals surface area contributed by atoms with Crippen molar-refractivity contribution < 1.29 is 18.3 Å². The van der Waals surface area contributed by atoms with Crippen molar-refractivity contribution in [1.29, 1.82) is 0 Å². The molecule has 2 rings (SSSR count). The quantitative estimate of drug-likeness (QED) is 0.834. The van der Waals surface area contributed by atoms with Crippen LogP contribution in [0.25, 0.3) is 0 Å². The molecule has 0 aliphatic carbocycles. The molecule has 0 atom stereocenters. The lowest BCUT2D eigenvalue weighted by molar-refractivity contribution is 0.475. The molecule has 2 N–H and O–H groups in total. The van der Waals surface area contributed by atoms with Gasteiger partial charge in [-0.15, -0.1) is 0 Å². The van der Waals surface area contributed by atoms with Gasteiger partial charge in [0.25, 0.3) is 0 Å². The third-order valence-electron chi connectivity index (χ3n) is 2.49. The molecule has 19 heavy (non-hydrogen) atoms. The Labute approximate surface area is 112 Å². The first-order valence-corrected chi connectivity index (χ1v) is 5.71. The lowest BCUT2D eigenvalue weighted by atomic mass is 10.2. The summed E-state index contributed by atoms with van der Waals surface area (Å²) in [6.45, 7) is 0.111. The van der Waals surface area contributed by atoms with E-state index in [1.54, 1.807) is 6.07 Å². The Balaban J connectivity index is 2.16. The first-order valence-electron chi connectivity index (χ1n) is 5.33. The van der Waals surface area contributed by atoms with Gasteiger partial charge in [0.05, 0.1) is 10.7 Å². The molecule has 2 aromatic carbocycles. The van der Waals surface area contributed by atoms with Gasteiger partial charge in [0.1, 0.15) is 11.6 Å². The molecule has 2 aromatic rings. The van der Waals surface area contributed by atoms with E-state index in [1.165, 1.54) is 12.1 Å². The number of nitrogens with one attached hydrogen (secondary N) is 1. The third kappa shape index (κ3) is 3.12. The summed E-state index contributed by atoms with van der Waals surface area (Å²) in [5.41, 5.74) is 0.355. The Bertz CT molecular complexity index is 619. The summed E-state index contributed by atoms with van der Waals surface area (Å²) in [5, 5.41) is 11.9. The van der Waals surface area contributed by atoms with E-state index in [0.717, 1.165) is 6.07 Å². The summed E-state index contributed by atoms with van der Waals surface area (Å²) in [5.74, 6) is -3.35. The van der Waals surface area contributed by atoms with Crippen molar-refractivity contribution in [1.82, 2.24) is 0 Å². The van der Waals surface area contributed by atoms with Crippen LogP contribution in [0.3, 0.4) is 0 Å². The fourth-order valence-electron chi connectivity index (χ4n) is 1.54. The lowest BCUT2D eigenvalue weighted by Gasteiger charge is -2.09. The molecule has 0 saturated carbocycles. The number of rotatable bonds is 3. The van der Waals surface area contributed by atoms with Crippen molar-refractivity contribution in [3.63, 3.8) is 0 Å². The number of halogens is 4. The largest absolute Gasteiger partial charge is 0.506 e. The maximum Gasteiger partial charge on any atom is 0.182 e. The summed E-state index contributed by atoms with van der Waals surface area (Å²) < 4.78 is 39.3. The Morgan fingerprint density at radius 3 is 2.53 bits per heavy atom. The third-order valence-corrected chi connectivity index (χ3v) is 2.79. The predicted octanol–water partition coefficient (Wildman–Crippen LogP) is 4.08. The maximum atomic E-state index is 13.4. The fraction of sp³-hybridized carbons (Fsp3) is 0.0769. The van der Waals surface area contributed by atoms with Gasteiger partial charge in [0.2, 0.25) is 0 Å². The second-order valence-corrected chi connectivity index (χ2v) is 4.30. The molecule has 2 nitrogen and oxygen atoms in total. The molecule has 0 heterocycles. The zero-order valence-corrected chi connectivity index (χ0v) is 10.3. The van der Waals surface area contributed by atoms with Crippen LogP contribution in [-0.4, -0.2) is 5.11 Å². The van der Waals surface area contributed by atoms with Gasteiger partial charge in [-0.25, -0.2) is 13.2 Å². The maximum absolute atomic E-state index is 13.4. The Kier molecular flexibility index (Phi) is 3.85. The van der Waals surface area contributed by atoms with Crippen molar-refractivity contribution >= 4 is 17.3 Å². The Morgan fingerprint density at radius 1 is 1.11 bits per heavy atom. The molecule has 0 radical (unpaired) electrons. The smallest absolute Gasteiger partial charge is 0.182 e. The summed E-state index contributed by atoms with van der Waals surface area (Å²) in [7, 11) is 0. The number of hydrogen-bond donors (Lipinski definition) is 2. The molecule has 0 bridgehead atoms. The van der Waals surface area contributed by atoms with Gasteiger partial charge in [-0.1, -0.05) is 17.7 Å². The molecule has 0 fully saturated rings. The van der Waals surface area contributed by atoms with Crippen molar-refractivity contribution in [3.8, 4) is 5.75 Å². The number of benzene rings is 2. The summed E-state index contributed by atoms with van der Waals surface area (Å²) >= 11 is 5.71. The normalized spacial score (nSPS) is 10.5. The van der Waals surface area contributed by atoms with Gasteiger partial charge >= 0.3 is 0 Å². The molecule has 6 heteroatoms. The molecular weight excluding hydrogens is 279 g/mol. The molecule has 0 saturated heterocycles. The zero-order chi connectivity index (χ0) is 14.0. The van der Waals surface area contributed by atoms with E-state index < -0.39 is 17.5 Å². The molecule has 0 aliphatic heterocycles. The minimum atomic E-state index is -1.26. The average molecular weight is 288 g/mol. The van der Waals surface area contributed by atoms with Gasteiger partial charge < -0.3 is 10.4 Å². The molecule has 100 valence electrons. The van der Waals surface area contributed by atoms with Crippen LogP contribution in [-0.2, 0) is 6.54 Å². The number of hydrogen-bond acceptors (Lipinski definition) is 2. The van der Waals surface area contributed by atoms with Crippen LogP contribution in [0.1, 0.15) is 5.56 Å². The minimum absolute atomic E-state index is 0.0756. The average Bonchev–Trinajstić information content (AvgIpc) is 2.36. The minimum Gasteiger partial charge on any atom is -0.506 e. The lowest BCUT2D eigenvalue weighted by Crippen LogP contribution is -2.03. The number of aromatic hydroxyl groups is 1. The molecule has 0 spiro atoms. The van der Waals surface area contributed by atoms with Crippen molar-refractivity contribution in [3.05, 3.63) is 58.4 Å². The van der Waals surface area contributed by atoms with Crippen LogP contribution < -0.4 is 5.32 Å². The van der Waals surface area contributed by atoms with Gasteiger partial charge in [-0.2, -0.15) is 0 Å². The van der Waals surface area contributed by atoms with Gasteiger partial charge in [0, 0.05) is 18.7 Å². The summed E-state index contributed by atoms with van der Waals surface area (Å²) in [4.78, 5) is 0. The van der Waals surface area contributed by atoms with Crippen LogP contribution in [0, 0.1) is 17.5 Å². The van der Waals surface area contributed by atoms with Crippen LogP contribution in [0.2, 0.25) is 5.02 Å². The van der Waals surface area contributed by atoms with Gasteiger partial charge in [-0.05, 0) is 17.7 Å². The molecule has 0 aromatic heterocycles. The summed E-state index contributed by atoms with van der Waals surface area (Å²) in [6, 6.07) is 5.74. The topological polar surface area (TPSA) is 32.3 Å². The van der Waals surface area contributed by atoms with E-state index in [4.69, 9.17) is 11.6 Å². The Morgan fingerprint density at radius 2 is 1.84 bits per heavy atom. The van der Waals surface area contributed by atoms with E-state index in [0.29, 0.717) is 11.6 Å². The molecule has 0 amide bonds. The predicted molar refractivity (Wildman–Crippen MR) is 66.8 cm³/mol. The van der Waals surface area contributed by atoms with E-state index in [9.17, 15) is 18.3 Å². The molecule has 0 unspecified atom stereocenters. The van der Waals surface area contributed by atoms with Crippen LogP contribution >= 0.6 is 11.6 Å². The zero-order valence-electron chi connectivity index (χ0n) is 9.55. The highest BCUT2D eigenvalue weighted by Crippen LogP contribution is 2.25. The molecule has 0 aliphatic rings. The van der Waals surface area contributed by atoms with Crippen LogP contribution in [0.4, 0.5) is 18.9 Å². The van der Waals surface area contributed by atoms with Crippen LogP contribution in [0.15, 0.2) is 30.3 Å². The van der Waals surface area contributed by atoms with E-state index in [-0.39, 0.29) is 23.0 Å². The van der Waals surface area contributed by atoms with Gasteiger partial charge in [0.15, 0.2) is 11.6 Å². The van der Waals surface area contributed by atoms with Gasteiger partial charge in [-0.3, -0.25) is 0 Å². The van der Waals surface area contributed by atoms with E-state index in [2.05, 4.69) is 5.32 Å². The monoisotopic (exact) mass is 287 g/mol. The number of phenolic OH excluding ortho intramolecular Hbond substituents is 1. The van der Waals surface area contributed by atoms with Crippen LogP contribution in [0.5, 0.6) is 5.75 Å². The second kappa shape index (κ2) is 5.40. The first kappa shape index (κ1) is 13.5. The highest BCUT2D eigenvalue weighted by Gasteiger charge is 2.10. The van der Waals surface area contributed by atoms with Crippen molar-refractivity contribution in [2.45, 2.75) is 6.54 Å². The highest BCUT2D eigenvalue weighted by atomic mass is 35.5. The van der Waals surface area contributed by atoms with E-state index in [1.807, 2.05) is 0 Å². The molecular formula is C13H9ClF3NO. The SMILES string of the molecule is Oc1ccc(CNc2cc(F)cc(F)c2F)cc1Cl. The number of anilines is 1.